The van der Waals surface area contributed by atoms with Crippen molar-refractivity contribution in [2.45, 2.75) is 37.1 Å². The van der Waals surface area contributed by atoms with E-state index in [1.807, 2.05) is 6.92 Å². The van der Waals surface area contributed by atoms with Crippen LogP contribution in [0.2, 0.25) is 0 Å². The molecule has 0 radical (unpaired) electrons. The average molecular weight is 448 g/mol. The number of piperidine rings is 1. The fraction of sp³-hybridized carbons (Fsp3) is 0.364. The van der Waals surface area contributed by atoms with Crippen molar-refractivity contribution in [3.63, 3.8) is 0 Å². The van der Waals surface area contributed by atoms with Gasteiger partial charge >= 0.3 is 0 Å². The van der Waals surface area contributed by atoms with Crippen molar-refractivity contribution in [3.8, 4) is 0 Å². The van der Waals surface area contributed by atoms with E-state index >= 15 is 0 Å². The first kappa shape index (κ1) is 22.9. The Morgan fingerprint density at radius 1 is 1.16 bits per heavy atom. The van der Waals surface area contributed by atoms with Crippen LogP contribution in [-0.2, 0) is 14.8 Å². The Hall–Kier alpha value is -2.78. The van der Waals surface area contributed by atoms with Gasteiger partial charge in [0, 0.05) is 30.9 Å². The van der Waals surface area contributed by atoms with Crippen molar-refractivity contribution >= 4 is 27.5 Å². The summed E-state index contributed by atoms with van der Waals surface area (Å²) in [6.45, 7) is 2.16. The molecule has 2 aromatic carbocycles. The van der Waals surface area contributed by atoms with Gasteiger partial charge in [-0.2, -0.15) is 4.31 Å². The van der Waals surface area contributed by atoms with E-state index in [-0.39, 0.29) is 23.0 Å². The number of hydrogen-bond donors (Lipinski definition) is 1. The standard InChI is InChI=1S/C22H26FN3O4S/c1-16-6-3-4-13-26(16)31(29,30)20-11-9-17(10-12-20)22(28)25(2)15-21(27)24-19-8-5-7-18(23)14-19/h5,7-12,14,16H,3-4,6,13,15H2,1-2H3,(H,24,27)/t16-/m1/s1. The molecule has 1 N–H and O–H groups in total. The van der Waals surface area contributed by atoms with E-state index in [1.54, 1.807) is 6.07 Å². The van der Waals surface area contributed by atoms with Crippen molar-refractivity contribution in [1.82, 2.24) is 9.21 Å². The van der Waals surface area contributed by atoms with Crippen LogP contribution < -0.4 is 5.32 Å². The molecule has 1 aliphatic rings. The molecule has 166 valence electrons. The molecular formula is C22H26FN3O4S. The lowest BCUT2D eigenvalue weighted by Crippen LogP contribution is -2.41. The molecule has 2 aromatic rings. The molecule has 0 unspecified atom stereocenters. The minimum Gasteiger partial charge on any atom is -0.332 e. The van der Waals surface area contributed by atoms with Crippen LogP contribution in [0.5, 0.6) is 0 Å². The minimum absolute atomic E-state index is 0.0530. The lowest BCUT2D eigenvalue weighted by Gasteiger charge is -2.32. The number of nitrogens with one attached hydrogen (secondary N) is 1. The third-order valence-corrected chi connectivity index (χ3v) is 7.31. The van der Waals surface area contributed by atoms with Crippen molar-refractivity contribution < 1.29 is 22.4 Å². The molecule has 1 saturated heterocycles. The highest BCUT2D eigenvalue weighted by atomic mass is 32.2. The van der Waals surface area contributed by atoms with E-state index in [4.69, 9.17) is 0 Å². The molecule has 9 heteroatoms. The smallest absolute Gasteiger partial charge is 0.254 e. The number of likely N-dealkylation sites (N-methyl/N-ethyl adjacent to an activating group) is 1. The second kappa shape index (κ2) is 9.57. The van der Waals surface area contributed by atoms with E-state index in [9.17, 15) is 22.4 Å². The van der Waals surface area contributed by atoms with Crippen LogP contribution in [0.4, 0.5) is 10.1 Å². The van der Waals surface area contributed by atoms with Crippen LogP contribution in [-0.4, -0.2) is 55.6 Å². The lowest BCUT2D eigenvalue weighted by molar-refractivity contribution is -0.116. The third-order valence-electron chi connectivity index (χ3n) is 5.29. The maximum atomic E-state index is 13.2. The maximum absolute atomic E-state index is 13.2. The van der Waals surface area contributed by atoms with Crippen molar-refractivity contribution in [2.75, 3.05) is 25.5 Å². The Morgan fingerprint density at radius 2 is 1.87 bits per heavy atom. The van der Waals surface area contributed by atoms with E-state index in [1.165, 1.54) is 58.7 Å². The summed E-state index contributed by atoms with van der Waals surface area (Å²) in [4.78, 5) is 26.1. The van der Waals surface area contributed by atoms with Crippen molar-refractivity contribution in [3.05, 3.63) is 59.9 Å². The number of nitrogens with zero attached hydrogens (tertiary/aromatic N) is 2. The van der Waals surface area contributed by atoms with Crippen molar-refractivity contribution in [2.24, 2.45) is 0 Å². The zero-order chi connectivity index (χ0) is 22.6. The van der Waals surface area contributed by atoms with E-state index in [0.29, 0.717) is 12.2 Å². The summed E-state index contributed by atoms with van der Waals surface area (Å²) < 4.78 is 40.5. The number of benzene rings is 2. The fourth-order valence-corrected chi connectivity index (χ4v) is 5.31. The summed E-state index contributed by atoms with van der Waals surface area (Å²) in [7, 11) is -2.15. The Morgan fingerprint density at radius 3 is 2.52 bits per heavy atom. The molecule has 1 fully saturated rings. The molecule has 0 aromatic heterocycles. The van der Waals surface area contributed by atoms with Gasteiger partial charge in [0.25, 0.3) is 5.91 Å². The first-order valence-corrected chi connectivity index (χ1v) is 11.6. The fourth-order valence-electron chi connectivity index (χ4n) is 3.61. The molecular weight excluding hydrogens is 421 g/mol. The number of sulfonamides is 1. The second-order valence-electron chi connectivity index (χ2n) is 7.70. The van der Waals surface area contributed by atoms with Crippen LogP contribution in [0.25, 0.3) is 0 Å². The molecule has 31 heavy (non-hydrogen) atoms. The maximum Gasteiger partial charge on any atom is 0.254 e. The number of hydrogen-bond acceptors (Lipinski definition) is 4. The van der Waals surface area contributed by atoms with Crippen LogP contribution in [0.15, 0.2) is 53.4 Å². The Balaban J connectivity index is 1.64. The van der Waals surface area contributed by atoms with Crippen LogP contribution >= 0.6 is 0 Å². The minimum atomic E-state index is -3.62. The quantitative estimate of drug-likeness (QED) is 0.737. The van der Waals surface area contributed by atoms with Gasteiger partial charge in [0.2, 0.25) is 15.9 Å². The second-order valence-corrected chi connectivity index (χ2v) is 9.60. The van der Waals surface area contributed by atoms with Gasteiger partial charge in [-0.15, -0.1) is 0 Å². The Kier molecular flexibility index (Phi) is 7.07. The first-order valence-electron chi connectivity index (χ1n) is 10.1. The van der Waals surface area contributed by atoms with Crippen LogP contribution in [0.3, 0.4) is 0 Å². The zero-order valence-electron chi connectivity index (χ0n) is 17.5. The SMILES string of the molecule is C[C@@H]1CCCCN1S(=O)(=O)c1ccc(C(=O)N(C)CC(=O)Nc2cccc(F)c2)cc1. The van der Waals surface area contributed by atoms with E-state index in [2.05, 4.69) is 5.32 Å². The van der Waals surface area contributed by atoms with Crippen molar-refractivity contribution in [1.29, 1.82) is 0 Å². The molecule has 7 nitrogen and oxygen atoms in total. The highest BCUT2D eigenvalue weighted by Crippen LogP contribution is 2.25. The highest BCUT2D eigenvalue weighted by molar-refractivity contribution is 7.89. The van der Waals surface area contributed by atoms with Gasteiger partial charge in [-0.25, -0.2) is 12.8 Å². The molecule has 0 saturated carbocycles. The molecule has 2 amide bonds. The number of rotatable bonds is 6. The number of halogens is 1. The van der Waals surface area contributed by atoms with Gasteiger partial charge < -0.3 is 10.2 Å². The summed E-state index contributed by atoms with van der Waals surface area (Å²) in [5.41, 5.74) is 0.569. The van der Waals surface area contributed by atoms with Gasteiger partial charge in [0.05, 0.1) is 11.4 Å². The predicted octanol–water partition coefficient (Wildman–Crippen LogP) is 3.10. The Labute approximate surface area is 181 Å². The molecule has 0 aliphatic carbocycles. The number of carbonyl (C=O) groups is 2. The highest BCUT2D eigenvalue weighted by Gasteiger charge is 2.31. The first-order chi connectivity index (χ1) is 14.7. The third kappa shape index (κ3) is 5.48. The Bertz CT molecular complexity index is 1060. The van der Waals surface area contributed by atoms with Gasteiger partial charge in [-0.3, -0.25) is 9.59 Å². The molecule has 0 bridgehead atoms. The molecule has 1 heterocycles. The van der Waals surface area contributed by atoms with Gasteiger partial charge in [0.1, 0.15) is 5.82 Å². The van der Waals surface area contributed by atoms with E-state index < -0.39 is 27.7 Å². The van der Waals surface area contributed by atoms with Gasteiger partial charge in [0.15, 0.2) is 0 Å². The monoisotopic (exact) mass is 447 g/mol. The number of anilines is 1. The summed E-state index contributed by atoms with van der Waals surface area (Å²) >= 11 is 0. The van der Waals surface area contributed by atoms with E-state index in [0.717, 1.165) is 19.3 Å². The number of amides is 2. The van der Waals surface area contributed by atoms with Gasteiger partial charge in [-0.1, -0.05) is 12.5 Å². The predicted molar refractivity (Wildman–Crippen MR) is 116 cm³/mol. The topological polar surface area (TPSA) is 86.8 Å². The summed E-state index contributed by atoms with van der Waals surface area (Å²) in [5, 5.41) is 2.53. The summed E-state index contributed by atoms with van der Waals surface area (Å²) in [6, 6.07) is 11.2. The molecule has 1 atom stereocenters. The normalized spacial score (nSPS) is 17.2. The van der Waals surface area contributed by atoms with Gasteiger partial charge in [-0.05, 0) is 62.2 Å². The zero-order valence-corrected chi connectivity index (χ0v) is 18.4. The molecule has 3 rings (SSSR count). The summed E-state index contributed by atoms with van der Waals surface area (Å²) in [5.74, 6) is -1.37. The number of carbonyl (C=O) groups excluding carboxylic acids is 2. The lowest BCUT2D eigenvalue weighted by atomic mass is 10.1. The largest absolute Gasteiger partial charge is 0.332 e. The molecule has 1 aliphatic heterocycles. The summed E-state index contributed by atoms with van der Waals surface area (Å²) in [6.07, 6.45) is 2.68. The average Bonchev–Trinajstić information content (AvgIpc) is 2.73. The molecule has 0 spiro atoms. The van der Waals surface area contributed by atoms with Crippen LogP contribution in [0.1, 0.15) is 36.5 Å². The van der Waals surface area contributed by atoms with Crippen LogP contribution in [0, 0.1) is 5.82 Å².